The lowest BCUT2D eigenvalue weighted by molar-refractivity contribution is 0.467. The average molecular weight is 215 g/mol. The van der Waals surface area contributed by atoms with Crippen LogP contribution in [-0.4, -0.2) is 18.1 Å². The summed E-state index contributed by atoms with van der Waals surface area (Å²) < 4.78 is 29.8. The molecule has 0 aromatic heterocycles. The molecule has 1 aromatic rings. The van der Waals surface area contributed by atoms with E-state index in [4.69, 9.17) is 15.2 Å². The van der Waals surface area contributed by atoms with Crippen molar-refractivity contribution in [2.45, 2.75) is 4.90 Å². The Balaban J connectivity index is 3.33. The summed E-state index contributed by atoms with van der Waals surface area (Å²) in [6, 6.07) is 2.89. The largest absolute Gasteiger partial charge is 0.507 e. The van der Waals surface area contributed by atoms with Gasteiger partial charge >= 0.3 is 0 Å². The van der Waals surface area contributed by atoms with E-state index in [-0.39, 0.29) is 5.69 Å². The Labute approximate surface area is 79.0 Å². The van der Waals surface area contributed by atoms with E-state index in [1.54, 1.807) is 0 Å². The minimum absolute atomic E-state index is 0.111. The monoisotopic (exact) mass is 215 g/mol. The van der Waals surface area contributed by atoms with Gasteiger partial charge in [-0.3, -0.25) is 4.55 Å². The number of phenols is 1. The Morgan fingerprint density at radius 2 is 2.07 bits per heavy atom. The summed E-state index contributed by atoms with van der Waals surface area (Å²) in [5.41, 5.74) is 7.94. The highest BCUT2D eigenvalue weighted by molar-refractivity contribution is 7.85. The van der Waals surface area contributed by atoms with Gasteiger partial charge in [0.2, 0.25) is 0 Å². The molecule has 0 saturated carbocycles. The van der Waals surface area contributed by atoms with Crippen LogP contribution in [0.15, 0.2) is 28.2 Å². The third-order valence-corrected chi connectivity index (χ3v) is 2.25. The number of aromatic hydroxyl groups is 1. The van der Waals surface area contributed by atoms with Crippen molar-refractivity contribution in [2.24, 2.45) is 5.11 Å². The second-order valence-corrected chi connectivity index (χ2v) is 3.74. The van der Waals surface area contributed by atoms with E-state index in [1.807, 2.05) is 0 Å². The van der Waals surface area contributed by atoms with Gasteiger partial charge in [-0.25, -0.2) is 0 Å². The van der Waals surface area contributed by atoms with E-state index >= 15 is 0 Å². The molecule has 0 saturated heterocycles. The number of rotatable bonds is 2. The Hall–Kier alpha value is -1.76. The minimum atomic E-state index is -4.35. The first-order valence-electron chi connectivity index (χ1n) is 3.31. The van der Waals surface area contributed by atoms with Gasteiger partial charge in [0.05, 0.1) is 10.6 Å². The van der Waals surface area contributed by atoms with Gasteiger partial charge in [0.25, 0.3) is 10.1 Å². The third kappa shape index (κ3) is 2.13. The number of benzene rings is 1. The number of phenolic OH excluding ortho intramolecular Hbond substituents is 1. The maximum atomic E-state index is 10.6. The summed E-state index contributed by atoms with van der Waals surface area (Å²) in [6.07, 6.45) is 0. The quantitative estimate of drug-likeness (QED) is 0.336. The molecule has 14 heavy (non-hydrogen) atoms. The molecule has 0 heterocycles. The molecule has 8 heteroatoms. The highest BCUT2D eigenvalue weighted by Crippen LogP contribution is 2.28. The van der Waals surface area contributed by atoms with Gasteiger partial charge < -0.3 is 5.11 Å². The minimum Gasteiger partial charge on any atom is -0.507 e. The summed E-state index contributed by atoms with van der Waals surface area (Å²) in [4.78, 5) is 1.95. The summed E-state index contributed by atoms with van der Waals surface area (Å²) in [6.45, 7) is 0. The van der Waals surface area contributed by atoms with E-state index in [2.05, 4.69) is 10.0 Å². The molecule has 0 aliphatic heterocycles. The van der Waals surface area contributed by atoms with Crippen molar-refractivity contribution < 1.29 is 18.1 Å². The molecule has 0 unspecified atom stereocenters. The zero-order valence-corrected chi connectivity index (χ0v) is 7.51. The zero-order valence-electron chi connectivity index (χ0n) is 6.69. The third-order valence-electron chi connectivity index (χ3n) is 1.40. The molecule has 0 aliphatic rings. The predicted molar refractivity (Wildman–Crippen MR) is 46.7 cm³/mol. The Morgan fingerprint density at radius 1 is 1.43 bits per heavy atom. The Morgan fingerprint density at radius 3 is 2.50 bits per heavy atom. The second-order valence-electron chi connectivity index (χ2n) is 2.32. The van der Waals surface area contributed by atoms with Crippen LogP contribution in [-0.2, 0) is 10.1 Å². The van der Waals surface area contributed by atoms with Crippen LogP contribution in [0.25, 0.3) is 10.4 Å². The summed E-state index contributed by atoms with van der Waals surface area (Å²) in [5.74, 6) is -0.516. The van der Waals surface area contributed by atoms with Crippen molar-refractivity contribution in [1.29, 1.82) is 0 Å². The van der Waals surface area contributed by atoms with Crippen molar-refractivity contribution in [3.05, 3.63) is 28.6 Å². The van der Waals surface area contributed by atoms with Crippen molar-refractivity contribution >= 4 is 15.8 Å². The van der Waals surface area contributed by atoms with E-state index in [1.165, 1.54) is 0 Å². The van der Waals surface area contributed by atoms with Crippen LogP contribution in [0, 0.1) is 0 Å². The number of azide groups is 1. The van der Waals surface area contributed by atoms with E-state index in [9.17, 15) is 8.42 Å². The second kappa shape index (κ2) is 3.54. The maximum Gasteiger partial charge on any atom is 0.294 e. The standard InChI is InChI=1S/C6H5N3O4S/c7-9-8-5-2-1-4(3-6(5)10)14(11,12)13/h1-3,10H,(H,11,12,13). The molecule has 0 radical (unpaired) electrons. The van der Waals surface area contributed by atoms with E-state index < -0.39 is 20.8 Å². The summed E-state index contributed by atoms with van der Waals surface area (Å²) in [5, 5.41) is 12.2. The Kier molecular flexibility index (Phi) is 2.61. The molecule has 0 aliphatic carbocycles. The molecule has 1 rings (SSSR count). The molecular formula is C6H5N3O4S. The van der Waals surface area contributed by atoms with Crippen LogP contribution >= 0.6 is 0 Å². The normalized spacial score (nSPS) is 10.6. The first kappa shape index (κ1) is 10.3. The molecular weight excluding hydrogens is 210 g/mol. The first-order valence-corrected chi connectivity index (χ1v) is 4.75. The number of hydrogen-bond acceptors (Lipinski definition) is 4. The molecule has 0 spiro atoms. The predicted octanol–water partition coefficient (Wildman–Crippen LogP) is 1.58. The number of hydrogen-bond donors (Lipinski definition) is 2. The Bertz CT molecular complexity index is 504. The van der Waals surface area contributed by atoms with Gasteiger partial charge in [0.15, 0.2) is 0 Å². The lowest BCUT2D eigenvalue weighted by atomic mass is 10.3. The van der Waals surface area contributed by atoms with Crippen LogP contribution < -0.4 is 0 Å². The first-order chi connectivity index (χ1) is 6.45. The number of nitrogens with zero attached hydrogens (tertiary/aromatic N) is 3. The highest BCUT2D eigenvalue weighted by Gasteiger charge is 2.11. The fourth-order valence-electron chi connectivity index (χ4n) is 0.796. The van der Waals surface area contributed by atoms with E-state index in [0.29, 0.717) is 0 Å². The molecule has 0 atom stereocenters. The maximum absolute atomic E-state index is 10.6. The topological polar surface area (TPSA) is 123 Å². The van der Waals surface area contributed by atoms with Crippen molar-refractivity contribution in [2.75, 3.05) is 0 Å². The lowest BCUT2D eigenvalue weighted by Crippen LogP contribution is -1.96. The van der Waals surface area contributed by atoms with Crippen molar-refractivity contribution in [3.8, 4) is 5.75 Å². The van der Waals surface area contributed by atoms with Gasteiger partial charge in [-0.1, -0.05) is 5.11 Å². The van der Waals surface area contributed by atoms with Crippen LogP contribution in [0.2, 0.25) is 0 Å². The molecule has 0 bridgehead atoms. The summed E-state index contributed by atoms with van der Waals surface area (Å²) >= 11 is 0. The van der Waals surface area contributed by atoms with Gasteiger partial charge in [0, 0.05) is 11.0 Å². The molecule has 0 amide bonds. The fourth-order valence-corrected chi connectivity index (χ4v) is 1.30. The molecule has 74 valence electrons. The molecule has 7 nitrogen and oxygen atoms in total. The van der Waals surface area contributed by atoms with E-state index in [0.717, 1.165) is 18.2 Å². The molecule has 1 aromatic carbocycles. The average Bonchev–Trinajstić information content (AvgIpc) is 2.07. The van der Waals surface area contributed by atoms with Gasteiger partial charge in [0.1, 0.15) is 5.75 Å². The smallest absolute Gasteiger partial charge is 0.294 e. The lowest BCUT2D eigenvalue weighted by Gasteiger charge is -1.99. The van der Waals surface area contributed by atoms with Gasteiger partial charge in [-0.15, -0.1) is 0 Å². The van der Waals surface area contributed by atoms with Crippen LogP contribution in [0.1, 0.15) is 0 Å². The van der Waals surface area contributed by atoms with Gasteiger partial charge in [-0.05, 0) is 17.7 Å². The van der Waals surface area contributed by atoms with Crippen LogP contribution in [0.5, 0.6) is 5.75 Å². The fraction of sp³-hybridized carbons (Fsp3) is 0. The zero-order chi connectivity index (χ0) is 10.8. The SMILES string of the molecule is [N-]=[N+]=Nc1ccc(S(=O)(=O)O)cc1O. The molecule has 0 fully saturated rings. The van der Waals surface area contributed by atoms with Crippen LogP contribution in [0.4, 0.5) is 5.69 Å². The van der Waals surface area contributed by atoms with Gasteiger partial charge in [-0.2, -0.15) is 8.42 Å². The van der Waals surface area contributed by atoms with Crippen molar-refractivity contribution in [3.63, 3.8) is 0 Å². The van der Waals surface area contributed by atoms with Crippen LogP contribution in [0.3, 0.4) is 0 Å². The van der Waals surface area contributed by atoms with Crippen molar-refractivity contribution in [1.82, 2.24) is 0 Å². The summed E-state index contributed by atoms with van der Waals surface area (Å²) in [7, 11) is -4.35. The molecule has 2 N–H and O–H groups in total. The highest BCUT2D eigenvalue weighted by atomic mass is 32.2.